The Kier molecular flexibility index (Phi) is 5.72. The lowest BCUT2D eigenvalue weighted by Crippen LogP contribution is -2.29. The molecule has 0 aliphatic carbocycles. The van der Waals surface area contributed by atoms with E-state index in [0.717, 1.165) is 19.3 Å². The molecular weight excluding hydrogens is 154 g/mol. The Bertz CT molecular complexity index is 136. The van der Waals surface area contributed by atoms with Crippen molar-refractivity contribution in [3.8, 4) is 0 Å². The van der Waals surface area contributed by atoms with Gasteiger partial charge in [-0.2, -0.15) is 0 Å². The third-order valence-corrected chi connectivity index (χ3v) is 2.27. The molecule has 0 aromatic rings. The Labute approximate surface area is 74.0 Å². The van der Waals surface area contributed by atoms with Crippen LogP contribution in [0.2, 0.25) is 0 Å². The van der Waals surface area contributed by atoms with Crippen molar-refractivity contribution in [3.05, 3.63) is 0 Å². The van der Waals surface area contributed by atoms with Crippen LogP contribution in [0.4, 0.5) is 0 Å². The van der Waals surface area contributed by atoms with E-state index in [1.807, 2.05) is 6.92 Å². The van der Waals surface area contributed by atoms with Crippen molar-refractivity contribution in [2.75, 3.05) is 6.54 Å². The number of carboxylic acid groups (broad SMARTS) is 1. The predicted molar refractivity (Wildman–Crippen MR) is 48.9 cm³/mol. The third kappa shape index (κ3) is 3.72. The van der Waals surface area contributed by atoms with Gasteiger partial charge in [-0.1, -0.05) is 26.7 Å². The number of rotatable bonds is 6. The first-order valence-corrected chi connectivity index (χ1v) is 4.56. The smallest absolute Gasteiger partial charge is 0.308 e. The molecule has 72 valence electrons. The van der Waals surface area contributed by atoms with Crippen LogP contribution in [-0.2, 0) is 4.79 Å². The quantitative estimate of drug-likeness (QED) is 0.639. The Morgan fingerprint density at radius 1 is 1.58 bits per heavy atom. The highest BCUT2D eigenvalue weighted by atomic mass is 16.4. The molecule has 0 heterocycles. The largest absolute Gasteiger partial charge is 0.481 e. The molecule has 0 bridgehead atoms. The van der Waals surface area contributed by atoms with Crippen LogP contribution in [0.25, 0.3) is 0 Å². The number of nitrogens with two attached hydrogens (primary N) is 1. The summed E-state index contributed by atoms with van der Waals surface area (Å²) in [5.41, 5.74) is 5.37. The van der Waals surface area contributed by atoms with E-state index >= 15 is 0 Å². The van der Waals surface area contributed by atoms with Gasteiger partial charge < -0.3 is 10.8 Å². The van der Waals surface area contributed by atoms with Crippen LogP contribution in [0.1, 0.15) is 33.1 Å². The molecule has 0 saturated carbocycles. The zero-order valence-corrected chi connectivity index (χ0v) is 7.92. The normalized spacial score (nSPS) is 15.6. The molecule has 0 amide bonds. The van der Waals surface area contributed by atoms with Crippen LogP contribution in [-0.4, -0.2) is 17.6 Å². The second-order valence-electron chi connectivity index (χ2n) is 3.30. The molecule has 12 heavy (non-hydrogen) atoms. The van der Waals surface area contributed by atoms with E-state index in [2.05, 4.69) is 6.92 Å². The number of aliphatic carboxylic acids is 1. The van der Waals surface area contributed by atoms with Gasteiger partial charge in [-0.25, -0.2) is 0 Å². The molecule has 0 aliphatic rings. The van der Waals surface area contributed by atoms with Crippen molar-refractivity contribution < 1.29 is 9.90 Å². The van der Waals surface area contributed by atoms with E-state index in [-0.39, 0.29) is 18.4 Å². The first kappa shape index (κ1) is 11.4. The van der Waals surface area contributed by atoms with Crippen molar-refractivity contribution in [2.45, 2.75) is 33.1 Å². The maximum Gasteiger partial charge on any atom is 0.308 e. The number of unbranched alkanes of at least 4 members (excludes halogenated alkanes) is 1. The summed E-state index contributed by atoms with van der Waals surface area (Å²) < 4.78 is 0. The summed E-state index contributed by atoms with van der Waals surface area (Å²) in [6.07, 6.45) is 3.16. The standard InChI is InChI=1S/C9H19NO2/c1-3-4-5-7(2)8(6-10)9(11)12/h7-8H,3-6,10H2,1-2H3,(H,11,12). The van der Waals surface area contributed by atoms with E-state index in [1.165, 1.54) is 0 Å². The highest BCUT2D eigenvalue weighted by Gasteiger charge is 2.21. The molecule has 0 fully saturated rings. The monoisotopic (exact) mass is 173 g/mol. The van der Waals surface area contributed by atoms with Gasteiger partial charge in [0.05, 0.1) is 5.92 Å². The summed E-state index contributed by atoms with van der Waals surface area (Å²) in [4.78, 5) is 10.7. The average molecular weight is 173 g/mol. The molecule has 0 spiro atoms. The second-order valence-corrected chi connectivity index (χ2v) is 3.30. The lowest BCUT2D eigenvalue weighted by molar-refractivity contribution is -0.143. The van der Waals surface area contributed by atoms with Gasteiger partial charge in [0.1, 0.15) is 0 Å². The average Bonchev–Trinajstić information content (AvgIpc) is 2.01. The maximum atomic E-state index is 10.7. The number of hydrogen-bond donors (Lipinski definition) is 2. The van der Waals surface area contributed by atoms with Gasteiger partial charge in [0.15, 0.2) is 0 Å². The second kappa shape index (κ2) is 6.00. The molecule has 0 aromatic heterocycles. The zero-order chi connectivity index (χ0) is 9.56. The fourth-order valence-electron chi connectivity index (χ4n) is 1.30. The number of carbonyl (C=O) groups is 1. The summed E-state index contributed by atoms with van der Waals surface area (Å²) in [6.45, 7) is 4.31. The van der Waals surface area contributed by atoms with Gasteiger partial charge in [0.2, 0.25) is 0 Å². The molecule has 0 radical (unpaired) electrons. The van der Waals surface area contributed by atoms with E-state index in [4.69, 9.17) is 10.8 Å². The topological polar surface area (TPSA) is 63.3 Å². The highest BCUT2D eigenvalue weighted by Crippen LogP contribution is 2.17. The van der Waals surface area contributed by atoms with E-state index in [1.54, 1.807) is 0 Å². The molecule has 3 heteroatoms. The molecule has 0 rings (SSSR count). The maximum absolute atomic E-state index is 10.7. The van der Waals surface area contributed by atoms with Gasteiger partial charge in [-0.15, -0.1) is 0 Å². The fourth-order valence-corrected chi connectivity index (χ4v) is 1.30. The minimum atomic E-state index is -0.763. The van der Waals surface area contributed by atoms with E-state index in [9.17, 15) is 4.79 Å². The highest BCUT2D eigenvalue weighted by molar-refractivity contribution is 5.70. The van der Waals surface area contributed by atoms with E-state index in [0.29, 0.717) is 0 Å². The minimum Gasteiger partial charge on any atom is -0.481 e. The van der Waals surface area contributed by atoms with Crippen LogP contribution in [0, 0.1) is 11.8 Å². The molecule has 0 aromatic carbocycles. The summed E-state index contributed by atoms with van der Waals surface area (Å²) in [6, 6.07) is 0. The third-order valence-electron chi connectivity index (χ3n) is 2.27. The first-order chi connectivity index (χ1) is 5.63. The lowest BCUT2D eigenvalue weighted by atomic mass is 9.90. The molecule has 2 atom stereocenters. The van der Waals surface area contributed by atoms with Crippen LogP contribution >= 0.6 is 0 Å². The minimum absolute atomic E-state index is 0.201. The first-order valence-electron chi connectivity index (χ1n) is 4.56. The van der Waals surface area contributed by atoms with Crippen LogP contribution in [0.3, 0.4) is 0 Å². The van der Waals surface area contributed by atoms with Crippen LogP contribution in [0.5, 0.6) is 0 Å². The van der Waals surface area contributed by atoms with Crippen molar-refractivity contribution in [3.63, 3.8) is 0 Å². The molecule has 3 nitrogen and oxygen atoms in total. The molecular formula is C9H19NO2. The van der Waals surface area contributed by atoms with Crippen LogP contribution < -0.4 is 5.73 Å². The molecule has 0 saturated heterocycles. The van der Waals surface area contributed by atoms with Crippen LogP contribution in [0.15, 0.2) is 0 Å². The summed E-state index contributed by atoms with van der Waals surface area (Å²) >= 11 is 0. The lowest BCUT2D eigenvalue weighted by Gasteiger charge is -2.17. The number of hydrogen-bond acceptors (Lipinski definition) is 2. The summed E-state index contributed by atoms with van der Waals surface area (Å²) in [7, 11) is 0. The summed E-state index contributed by atoms with van der Waals surface area (Å²) in [5, 5.41) is 8.76. The molecule has 3 N–H and O–H groups in total. The number of carboxylic acids is 1. The Balaban J connectivity index is 3.85. The van der Waals surface area contributed by atoms with Gasteiger partial charge in [-0.05, 0) is 12.3 Å². The predicted octanol–water partition coefficient (Wildman–Crippen LogP) is 1.47. The van der Waals surface area contributed by atoms with E-state index < -0.39 is 5.97 Å². The van der Waals surface area contributed by atoms with Gasteiger partial charge in [-0.3, -0.25) is 4.79 Å². The van der Waals surface area contributed by atoms with Crippen molar-refractivity contribution in [1.82, 2.24) is 0 Å². The van der Waals surface area contributed by atoms with Crippen molar-refractivity contribution >= 4 is 5.97 Å². The Morgan fingerprint density at radius 3 is 2.50 bits per heavy atom. The van der Waals surface area contributed by atoms with Gasteiger partial charge >= 0.3 is 5.97 Å². The SMILES string of the molecule is CCCCC(C)C(CN)C(=O)O. The molecule has 2 unspecified atom stereocenters. The molecule has 0 aliphatic heterocycles. The van der Waals surface area contributed by atoms with Gasteiger partial charge in [0, 0.05) is 6.54 Å². The van der Waals surface area contributed by atoms with Crippen molar-refractivity contribution in [1.29, 1.82) is 0 Å². The Hall–Kier alpha value is -0.570. The fraction of sp³-hybridized carbons (Fsp3) is 0.889. The van der Waals surface area contributed by atoms with Crippen molar-refractivity contribution in [2.24, 2.45) is 17.6 Å². The Morgan fingerprint density at radius 2 is 2.17 bits per heavy atom. The van der Waals surface area contributed by atoms with Gasteiger partial charge in [0.25, 0.3) is 0 Å². The zero-order valence-electron chi connectivity index (χ0n) is 7.92. The summed E-state index contributed by atoms with van der Waals surface area (Å²) in [5.74, 6) is -0.926.